The molecule has 1 saturated heterocycles. The Hall–Kier alpha value is -3.76. The lowest BCUT2D eigenvalue weighted by atomic mass is 9.95. The van der Waals surface area contributed by atoms with E-state index in [1.54, 1.807) is 23.6 Å². The number of carbonyl (C=O) groups is 2. The molecule has 9 nitrogen and oxygen atoms in total. The number of nitrogens with zero attached hydrogens (tertiary/aromatic N) is 1. The number of aromatic nitrogens is 2. The van der Waals surface area contributed by atoms with Crippen molar-refractivity contribution in [1.82, 2.24) is 14.9 Å². The molecule has 4 heterocycles. The standard InChI is InChI=1S/C26H23N3O6/c1-4-11-13(5-2)27-19-15(11)17-18(25(34)28-24(17)33)16-12-8-6-7-9-14(12)29(20(16)19)26-23(32)22(31)21(30)10(3)35-26/h4-10,21-23,26-27,30-32H,1-2H2,3H3,(H,28,33,34)/t10-,21-,22+,23+,26+/m0/s1. The van der Waals surface area contributed by atoms with Gasteiger partial charge >= 0.3 is 0 Å². The van der Waals surface area contributed by atoms with Crippen LogP contribution >= 0.6 is 0 Å². The minimum atomic E-state index is -1.47. The van der Waals surface area contributed by atoms with Gasteiger partial charge in [0.2, 0.25) is 0 Å². The van der Waals surface area contributed by atoms with Crippen LogP contribution in [0.25, 0.3) is 44.9 Å². The maximum atomic E-state index is 13.1. The van der Waals surface area contributed by atoms with E-state index < -0.39 is 42.5 Å². The van der Waals surface area contributed by atoms with Crippen LogP contribution in [0, 0.1) is 0 Å². The molecule has 0 unspecified atom stereocenters. The van der Waals surface area contributed by atoms with E-state index >= 15 is 0 Å². The maximum absolute atomic E-state index is 13.1. The van der Waals surface area contributed by atoms with Crippen LogP contribution in [0.1, 0.15) is 45.1 Å². The zero-order valence-electron chi connectivity index (χ0n) is 18.8. The van der Waals surface area contributed by atoms with Gasteiger partial charge in [-0.2, -0.15) is 0 Å². The van der Waals surface area contributed by atoms with Gasteiger partial charge in [-0.1, -0.05) is 37.4 Å². The Kier molecular flexibility index (Phi) is 4.58. The number of nitrogens with one attached hydrogen (secondary N) is 2. The molecule has 35 heavy (non-hydrogen) atoms. The number of fused-ring (bicyclic) bond motifs is 8. The highest BCUT2D eigenvalue weighted by atomic mass is 16.5. The molecule has 5 N–H and O–H groups in total. The molecule has 4 aromatic rings. The van der Waals surface area contributed by atoms with Crippen molar-refractivity contribution in [3.8, 4) is 0 Å². The van der Waals surface area contributed by atoms with E-state index in [4.69, 9.17) is 4.74 Å². The zero-order chi connectivity index (χ0) is 24.8. The second-order valence-corrected chi connectivity index (χ2v) is 8.96. The minimum Gasteiger partial charge on any atom is -0.388 e. The second-order valence-electron chi connectivity index (χ2n) is 8.96. The molecule has 9 heteroatoms. The summed E-state index contributed by atoms with van der Waals surface area (Å²) in [5, 5.41) is 35.9. The van der Waals surface area contributed by atoms with E-state index in [1.165, 1.54) is 0 Å². The van der Waals surface area contributed by atoms with Gasteiger partial charge in [-0.25, -0.2) is 0 Å². The van der Waals surface area contributed by atoms with Crippen molar-refractivity contribution in [2.75, 3.05) is 0 Å². The third-order valence-electron chi connectivity index (χ3n) is 7.14. The van der Waals surface area contributed by atoms with Crippen LogP contribution < -0.4 is 5.32 Å². The number of imide groups is 1. The van der Waals surface area contributed by atoms with Crippen LogP contribution in [0.5, 0.6) is 0 Å². The summed E-state index contributed by atoms with van der Waals surface area (Å²) < 4.78 is 7.75. The number of H-pyrrole nitrogens is 1. The molecule has 6 rings (SSSR count). The number of benzene rings is 2. The number of hydrogen-bond donors (Lipinski definition) is 5. The number of aliphatic hydroxyl groups excluding tert-OH is 3. The van der Waals surface area contributed by atoms with E-state index in [-0.39, 0.29) is 11.1 Å². The predicted molar refractivity (Wildman–Crippen MR) is 131 cm³/mol. The largest absolute Gasteiger partial charge is 0.388 e. The Morgan fingerprint density at radius 2 is 1.66 bits per heavy atom. The third kappa shape index (κ3) is 2.66. The molecule has 2 aliphatic rings. The summed E-state index contributed by atoms with van der Waals surface area (Å²) in [6.07, 6.45) is -2.86. The van der Waals surface area contributed by atoms with Gasteiger partial charge in [0.25, 0.3) is 11.8 Å². The van der Waals surface area contributed by atoms with Crippen molar-refractivity contribution in [3.05, 3.63) is 59.8 Å². The minimum absolute atomic E-state index is 0.226. The Bertz CT molecular complexity index is 1610. The summed E-state index contributed by atoms with van der Waals surface area (Å²) in [6.45, 7) is 9.36. The molecule has 2 amide bonds. The first-order valence-electron chi connectivity index (χ1n) is 11.2. The quantitative estimate of drug-likeness (QED) is 0.290. The summed E-state index contributed by atoms with van der Waals surface area (Å²) in [5.74, 6) is -1.03. The van der Waals surface area contributed by atoms with E-state index in [1.807, 2.05) is 24.3 Å². The van der Waals surface area contributed by atoms with Gasteiger partial charge in [-0.05, 0) is 19.1 Å². The van der Waals surface area contributed by atoms with Crippen molar-refractivity contribution in [2.24, 2.45) is 0 Å². The van der Waals surface area contributed by atoms with Crippen LogP contribution in [0.3, 0.4) is 0 Å². The molecule has 0 radical (unpaired) electrons. The molecule has 2 aromatic heterocycles. The van der Waals surface area contributed by atoms with Gasteiger partial charge in [0.05, 0.1) is 33.8 Å². The molecule has 0 saturated carbocycles. The fourth-order valence-corrected chi connectivity index (χ4v) is 5.55. The highest BCUT2D eigenvalue weighted by Gasteiger charge is 2.45. The molecule has 0 aliphatic carbocycles. The fraction of sp³-hybridized carbons (Fsp3) is 0.231. The van der Waals surface area contributed by atoms with E-state index in [0.29, 0.717) is 44.0 Å². The Morgan fingerprint density at radius 3 is 2.34 bits per heavy atom. The van der Waals surface area contributed by atoms with Crippen LogP contribution in [0.15, 0.2) is 37.4 Å². The number of hydrogen-bond acceptors (Lipinski definition) is 6. The van der Waals surface area contributed by atoms with Gasteiger partial charge in [0, 0.05) is 27.4 Å². The summed E-state index contributed by atoms with van der Waals surface area (Å²) in [7, 11) is 0. The van der Waals surface area contributed by atoms with Gasteiger partial charge in [0.1, 0.15) is 18.3 Å². The first-order chi connectivity index (χ1) is 16.8. The molecule has 178 valence electrons. The van der Waals surface area contributed by atoms with E-state index in [9.17, 15) is 24.9 Å². The van der Waals surface area contributed by atoms with Crippen molar-refractivity contribution >= 4 is 56.7 Å². The van der Waals surface area contributed by atoms with Crippen LogP contribution in [0.2, 0.25) is 0 Å². The number of rotatable bonds is 3. The smallest absolute Gasteiger partial charge is 0.259 e. The molecule has 5 atom stereocenters. The van der Waals surface area contributed by atoms with Gasteiger partial charge in [-0.3, -0.25) is 14.9 Å². The van der Waals surface area contributed by atoms with Gasteiger partial charge in [-0.15, -0.1) is 0 Å². The fourth-order valence-electron chi connectivity index (χ4n) is 5.55. The van der Waals surface area contributed by atoms with Crippen molar-refractivity contribution in [2.45, 2.75) is 37.6 Å². The van der Waals surface area contributed by atoms with Crippen molar-refractivity contribution in [1.29, 1.82) is 0 Å². The normalized spacial score (nSPS) is 26.5. The lowest BCUT2D eigenvalue weighted by molar-refractivity contribution is -0.238. The molecular formula is C26H23N3O6. The topological polar surface area (TPSA) is 137 Å². The monoisotopic (exact) mass is 473 g/mol. The summed E-state index contributed by atoms with van der Waals surface area (Å²) in [4.78, 5) is 29.4. The van der Waals surface area contributed by atoms with Crippen LogP contribution in [0.4, 0.5) is 0 Å². The Balaban J connectivity index is 1.86. The first-order valence-corrected chi connectivity index (χ1v) is 11.2. The molecular weight excluding hydrogens is 450 g/mol. The predicted octanol–water partition coefficient (Wildman–Crippen LogP) is 2.45. The summed E-state index contributed by atoms with van der Waals surface area (Å²) in [6, 6.07) is 7.26. The number of amides is 2. The molecule has 0 bridgehead atoms. The Morgan fingerprint density at radius 1 is 0.971 bits per heavy atom. The van der Waals surface area contributed by atoms with E-state index in [2.05, 4.69) is 23.5 Å². The van der Waals surface area contributed by atoms with Crippen LogP contribution in [-0.2, 0) is 4.74 Å². The average molecular weight is 473 g/mol. The summed E-state index contributed by atoms with van der Waals surface area (Å²) >= 11 is 0. The number of aromatic amines is 1. The molecule has 1 fully saturated rings. The van der Waals surface area contributed by atoms with Crippen molar-refractivity contribution in [3.63, 3.8) is 0 Å². The maximum Gasteiger partial charge on any atom is 0.259 e. The number of para-hydroxylation sites is 1. The average Bonchev–Trinajstić information content (AvgIpc) is 3.48. The Labute approximate surface area is 198 Å². The van der Waals surface area contributed by atoms with Crippen molar-refractivity contribution < 1.29 is 29.6 Å². The molecule has 2 aliphatic heterocycles. The highest BCUT2D eigenvalue weighted by Crippen LogP contribution is 2.45. The number of aliphatic hydroxyl groups is 3. The number of carbonyl (C=O) groups excluding carboxylic acids is 2. The zero-order valence-corrected chi connectivity index (χ0v) is 18.8. The highest BCUT2D eigenvalue weighted by molar-refractivity contribution is 6.37. The third-order valence-corrected chi connectivity index (χ3v) is 7.14. The lowest BCUT2D eigenvalue weighted by Crippen LogP contribution is -2.54. The molecule has 2 aromatic carbocycles. The summed E-state index contributed by atoms with van der Waals surface area (Å²) in [5.41, 5.74) is 3.37. The van der Waals surface area contributed by atoms with Gasteiger partial charge in [0.15, 0.2) is 6.23 Å². The SMILES string of the molecule is C=Cc1[nH]c2c(c1C=C)c1c(c3c4ccccc4n([C@@H]4O[C@@H](C)[C@H](O)[C@@H](O)[C@H]4O)c23)C(=O)NC1=O. The number of ether oxygens (including phenoxy) is 1. The lowest BCUT2D eigenvalue weighted by Gasteiger charge is -2.40. The second kappa shape index (κ2) is 7.37. The molecule has 0 spiro atoms. The van der Waals surface area contributed by atoms with Gasteiger partial charge < -0.3 is 29.6 Å². The first kappa shape index (κ1) is 21.8. The van der Waals surface area contributed by atoms with Crippen LogP contribution in [-0.4, -0.2) is 61.1 Å². The van der Waals surface area contributed by atoms with E-state index in [0.717, 1.165) is 0 Å².